The molecule has 0 spiro atoms. The Bertz CT molecular complexity index is 412. The van der Waals surface area contributed by atoms with Crippen molar-refractivity contribution in [2.45, 2.75) is 6.92 Å². The molecule has 0 aliphatic rings. The Morgan fingerprint density at radius 1 is 0.688 bits per heavy atom. The van der Waals surface area contributed by atoms with Gasteiger partial charge in [-0.2, -0.15) is 0 Å². The maximum absolute atomic E-state index is 3.44. The van der Waals surface area contributed by atoms with Crippen LogP contribution in [0, 0.1) is 5.92 Å². The van der Waals surface area contributed by atoms with Gasteiger partial charge in [0.15, 0.2) is 0 Å². The van der Waals surface area contributed by atoms with Crippen molar-refractivity contribution in [1.29, 1.82) is 0 Å². The van der Waals surface area contributed by atoms with E-state index >= 15 is 0 Å². The fraction of sp³-hybridized carbons (Fsp3) is 0.0714. The summed E-state index contributed by atoms with van der Waals surface area (Å²) in [6.07, 6.45) is 0. The van der Waals surface area contributed by atoms with Crippen LogP contribution in [0.3, 0.4) is 0 Å². The van der Waals surface area contributed by atoms with Gasteiger partial charge in [-0.25, -0.2) is 0 Å². The number of hydrogen-bond donors (Lipinski definition) is 0. The van der Waals surface area contributed by atoms with E-state index in [9.17, 15) is 0 Å². The van der Waals surface area contributed by atoms with Crippen molar-refractivity contribution >= 4 is 31.9 Å². The van der Waals surface area contributed by atoms with Crippen molar-refractivity contribution in [3.63, 3.8) is 0 Å². The molecule has 2 rings (SSSR count). The van der Waals surface area contributed by atoms with Crippen LogP contribution in [0.15, 0.2) is 57.5 Å². The Hall–Kier alpha value is -0.730. The van der Waals surface area contributed by atoms with Crippen molar-refractivity contribution in [2.75, 3.05) is 0 Å². The predicted octanol–water partition coefficient (Wildman–Crippen LogP) is 5.20. The molecule has 2 aromatic rings. The molecule has 0 aromatic heterocycles. The Labute approximate surface area is 113 Å². The lowest BCUT2D eigenvalue weighted by Gasteiger charge is -2.05. The monoisotopic (exact) mass is 337 g/mol. The van der Waals surface area contributed by atoms with E-state index in [0.29, 0.717) is 0 Å². The second-order valence-corrected chi connectivity index (χ2v) is 5.47. The highest BCUT2D eigenvalue weighted by molar-refractivity contribution is 9.10. The molecule has 2 aromatic carbocycles. The SMILES string of the molecule is C[C+](c1ccc(Br)cc1)c1ccc(Br)cc1. The smallest absolute Gasteiger partial charge is 0.0493 e. The number of halogens is 2. The average Bonchev–Trinajstić information content (AvgIpc) is 2.30. The van der Waals surface area contributed by atoms with Crippen LogP contribution in [0.4, 0.5) is 0 Å². The van der Waals surface area contributed by atoms with E-state index in [1.807, 2.05) is 0 Å². The largest absolute Gasteiger partial charge is 0.0754 e. The van der Waals surface area contributed by atoms with Gasteiger partial charge in [0.05, 0.1) is 11.1 Å². The summed E-state index contributed by atoms with van der Waals surface area (Å²) in [6.45, 7) is 2.15. The summed E-state index contributed by atoms with van der Waals surface area (Å²) in [5.41, 5.74) is 2.51. The number of rotatable bonds is 2. The molecule has 0 saturated carbocycles. The van der Waals surface area contributed by atoms with E-state index in [4.69, 9.17) is 0 Å². The highest BCUT2D eigenvalue weighted by Gasteiger charge is 2.14. The quantitative estimate of drug-likeness (QED) is 0.660. The first-order valence-corrected chi connectivity index (χ1v) is 6.61. The second-order valence-electron chi connectivity index (χ2n) is 3.64. The molecule has 0 nitrogen and oxygen atoms in total. The molecular formula is C14H11Br2+. The lowest BCUT2D eigenvalue weighted by Crippen LogP contribution is -1.96. The normalized spacial score (nSPS) is 10.2. The van der Waals surface area contributed by atoms with Crippen LogP contribution >= 0.6 is 31.9 Å². The summed E-state index contributed by atoms with van der Waals surface area (Å²) in [4.78, 5) is 0. The Balaban J connectivity index is 2.28. The van der Waals surface area contributed by atoms with E-state index in [1.54, 1.807) is 0 Å². The summed E-state index contributed by atoms with van der Waals surface area (Å²) in [5.74, 6) is 1.29. The molecule has 16 heavy (non-hydrogen) atoms. The third-order valence-electron chi connectivity index (χ3n) is 2.55. The summed E-state index contributed by atoms with van der Waals surface area (Å²) in [6, 6.07) is 16.8. The second kappa shape index (κ2) is 5.07. The van der Waals surface area contributed by atoms with Crippen LogP contribution in [-0.2, 0) is 0 Å². The molecular weight excluding hydrogens is 328 g/mol. The van der Waals surface area contributed by atoms with Crippen molar-refractivity contribution in [2.24, 2.45) is 0 Å². The minimum Gasteiger partial charge on any atom is -0.0493 e. The highest BCUT2D eigenvalue weighted by Crippen LogP contribution is 2.25. The van der Waals surface area contributed by atoms with E-state index in [0.717, 1.165) is 8.95 Å². The van der Waals surface area contributed by atoms with Crippen molar-refractivity contribution < 1.29 is 0 Å². The first-order valence-electron chi connectivity index (χ1n) is 5.02. The van der Waals surface area contributed by atoms with E-state index in [-0.39, 0.29) is 0 Å². The number of benzene rings is 2. The number of hydrogen-bond acceptors (Lipinski definition) is 0. The van der Waals surface area contributed by atoms with Gasteiger partial charge in [-0.15, -0.1) is 0 Å². The molecule has 0 N–H and O–H groups in total. The van der Waals surface area contributed by atoms with E-state index in [1.165, 1.54) is 17.0 Å². The molecule has 0 aliphatic heterocycles. The van der Waals surface area contributed by atoms with Crippen LogP contribution < -0.4 is 0 Å². The topological polar surface area (TPSA) is 0 Å². The van der Waals surface area contributed by atoms with Gasteiger partial charge >= 0.3 is 0 Å². The van der Waals surface area contributed by atoms with Crippen LogP contribution in [0.2, 0.25) is 0 Å². The van der Waals surface area contributed by atoms with Crippen molar-refractivity contribution in [3.05, 3.63) is 74.5 Å². The molecule has 0 bridgehead atoms. The van der Waals surface area contributed by atoms with Gasteiger partial charge in [0.1, 0.15) is 0 Å². The minimum atomic E-state index is 1.11. The molecule has 0 atom stereocenters. The van der Waals surface area contributed by atoms with Crippen molar-refractivity contribution in [1.82, 2.24) is 0 Å². The molecule has 2 heteroatoms. The molecule has 0 radical (unpaired) electrons. The Morgan fingerprint density at radius 3 is 1.31 bits per heavy atom. The fourth-order valence-electron chi connectivity index (χ4n) is 1.57. The first kappa shape index (κ1) is 11.7. The van der Waals surface area contributed by atoms with Gasteiger partial charge in [0.2, 0.25) is 0 Å². The van der Waals surface area contributed by atoms with Crippen LogP contribution in [0.5, 0.6) is 0 Å². The van der Waals surface area contributed by atoms with Gasteiger partial charge in [-0.05, 0) is 63.0 Å². The van der Waals surface area contributed by atoms with Gasteiger partial charge in [0.25, 0.3) is 0 Å². The van der Waals surface area contributed by atoms with Gasteiger partial charge in [0, 0.05) is 39.1 Å². The molecule has 0 unspecified atom stereocenters. The summed E-state index contributed by atoms with van der Waals surface area (Å²) >= 11 is 6.89. The maximum Gasteiger partial charge on any atom is 0.0754 e. The Kier molecular flexibility index (Phi) is 3.72. The minimum absolute atomic E-state index is 1.11. The van der Waals surface area contributed by atoms with Gasteiger partial charge < -0.3 is 0 Å². The lowest BCUT2D eigenvalue weighted by molar-refractivity contribution is 1.19. The molecule has 0 saturated heterocycles. The van der Waals surface area contributed by atoms with Crippen molar-refractivity contribution in [3.8, 4) is 0 Å². The standard InChI is InChI=1S/C14H11Br2/c1-10(11-2-6-13(15)7-3-11)12-4-8-14(16)9-5-12/h2-9H,1H3/q+1. The summed E-state index contributed by atoms with van der Waals surface area (Å²) in [5, 5.41) is 0. The van der Waals surface area contributed by atoms with E-state index < -0.39 is 0 Å². The summed E-state index contributed by atoms with van der Waals surface area (Å²) in [7, 11) is 0. The average molecular weight is 339 g/mol. The van der Waals surface area contributed by atoms with Crippen LogP contribution in [0.1, 0.15) is 18.1 Å². The molecule has 0 fully saturated rings. The third-order valence-corrected chi connectivity index (χ3v) is 3.61. The maximum atomic E-state index is 3.44. The first-order chi connectivity index (χ1) is 7.66. The molecule has 80 valence electrons. The highest BCUT2D eigenvalue weighted by atomic mass is 79.9. The molecule has 0 heterocycles. The predicted molar refractivity (Wildman–Crippen MR) is 75.4 cm³/mol. The van der Waals surface area contributed by atoms with Crippen LogP contribution in [0.25, 0.3) is 0 Å². The lowest BCUT2D eigenvalue weighted by atomic mass is 9.93. The van der Waals surface area contributed by atoms with Gasteiger partial charge in [-0.3, -0.25) is 0 Å². The zero-order valence-electron chi connectivity index (χ0n) is 8.87. The van der Waals surface area contributed by atoms with Crippen LogP contribution in [-0.4, -0.2) is 0 Å². The Morgan fingerprint density at radius 2 is 1.00 bits per heavy atom. The fourth-order valence-corrected chi connectivity index (χ4v) is 2.10. The van der Waals surface area contributed by atoms with Gasteiger partial charge in [-0.1, -0.05) is 0 Å². The molecule has 0 amide bonds. The zero-order valence-corrected chi connectivity index (χ0v) is 12.0. The van der Waals surface area contributed by atoms with E-state index in [2.05, 4.69) is 87.3 Å². The zero-order chi connectivity index (χ0) is 11.5. The third kappa shape index (κ3) is 2.69. The molecule has 0 aliphatic carbocycles. The summed E-state index contributed by atoms with van der Waals surface area (Å²) < 4.78 is 2.22.